The fourth-order valence-electron chi connectivity index (χ4n) is 3.85. The first-order valence-electron chi connectivity index (χ1n) is 7.90. The summed E-state index contributed by atoms with van der Waals surface area (Å²) in [5.74, 6) is 2.03. The molecule has 0 aromatic carbocycles. The molecule has 1 aliphatic heterocycles. The molecule has 3 heteroatoms. The van der Waals surface area contributed by atoms with E-state index in [1.54, 1.807) is 6.26 Å². The van der Waals surface area contributed by atoms with Crippen LogP contribution in [0.1, 0.15) is 44.3 Å². The Morgan fingerprint density at radius 3 is 3.00 bits per heavy atom. The first-order chi connectivity index (χ1) is 9.43. The Bertz CT molecular complexity index is 361. The SMILES string of the molecule is c1coc(CNCCN2CCC[C@H]3CCCC[C@H]32)c1. The van der Waals surface area contributed by atoms with Gasteiger partial charge in [0.25, 0.3) is 0 Å². The number of likely N-dealkylation sites (tertiary alicyclic amines) is 1. The summed E-state index contributed by atoms with van der Waals surface area (Å²) >= 11 is 0. The lowest BCUT2D eigenvalue weighted by Gasteiger charge is -2.44. The Morgan fingerprint density at radius 1 is 1.21 bits per heavy atom. The van der Waals surface area contributed by atoms with Crippen LogP contribution in [-0.2, 0) is 6.54 Å². The highest BCUT2D eigenvalue weighted by Crippen LogP contribution is 2.34. The highest BCUT2D eigenvalue weighted by atomic mass is 16.3. The first-order valence-corrected chi connectivity index (χ1v) is 7.90. The fraction of sp³-hybridized carbons (Fsp3) is 0.750. The van der Waals surface area contributed by atoms with Crippen molar-refractivity contribution in [2.75, 3.05) is 19.6 Å². The van der Waals surface area contributed by atoms with E-state index in [0.29, 0.717) is 0 Å². The van der Waals surface area contributed by atoms with Gasteiger partial charge in [-0.1, -0.05) is 12.8 Å². The molecule has 1 saturated carbocycles. The Hall–Kier alpha value is -0.800. The van der Waals surface area contributed by atoms with Crippen molar-refractivity contribution in [3.63, 3.8) is 0 Å². The maximum atomic E-state index is 5.34. The summed E-state index contributed by atoms with van der Waals surface area (Å²) in [5.41, 5.74) is 0. The van der Waals surface area contributed by atoms with E-state index < -0.39 is 0 Å². The van der Waals surface area contributed by atoms with E-state index in [0.717, 1.165) is 30.8 Å². The van der Waals surface area contributed by atoms with Crippen LogP contribution >= 0.6 is 0 Å². The molecule has 2 heterocycles. The summed E-state index contributed by atoms with van der Waals surface area (Å²) in [5, 5.41) is 3.50. The zero-order valence-electron chi connectivity index (χ0n) is 11.8. The molecular weight excluding hydrogens is 236 g/mol. The van der Waals surface area contributed by atoms with E-state index in [1.165, 1.54) is 51.6 Å². The molecule has 3 nitrogen and oxygen atoms in total. The molecule has 2 aliphatic rings. The van der Waals surface area contributed by atoms with Gasteiger partial charge in [0.15, 0.2) is 0 Å². The largest absolute Gasteiger partial charge is 0.468 e. The van der Waals surface area contributed by atoms with Crippen molar-refractivity contribution in [2.45, 2.75) is 51.1 Å². The maximum absolute atomic E-state index is 5.34. The quantitative estimate of drug-likeness (QED) is 0.827. The zero-order chi connectivity index (χ0) is 12.9. The molecule has 2 atom stereocenters. The summed E-state index contributed by atoms with van der Waals surface area (Å²) in [6, 6.07) is 4.87. The van der Waals surface area contributed by atoms with Crippen molar-refractivity contribution >= 4 is 0 Å². The molecule has 1 aromatic rings. The average molecular weight is 262 g/mol. The van der Waals surface area contributed by atoms with Crippen molar-refractivity contribution in [1.82, 2.24) is 10.2 Å². The monoisotopic (exact) mass is 262 g/mol. The van der Waals surface area contributed by atoms with Crippen LogP contribution in [0.3, 0.4) is 0 Å². The molecule has 106 valence electrons. The smallest absolute Gasteiger partial charge is 0.117 e. The van der Waals surface area contributed by atoms with E-state index >= 15 is 0 Å². The van der Waals surface area contributed by atoms with Gasteiger partial charge in [0.1, 0.15) is 5.76 Å². The van der Waals surface area contributed by atoms with Gasteiger partial charge in [0.2, 0.25) is 0 Å². The number of rotatable bonds is 5. The summed E-state index contributed by atoms with van der Waals surface area (Å²) in [6.07, 6.45) is 10.4. The lowest BCUT2D eigenvalue weighted by molar-refractivity contribution is 0.0617. The normalized spacial score (nSPS) is 28.2. The summed E-state index contributed by atoms with van der Waals surface area (Å²) in [6.45, 7) is 4.43. The van der Waals surface area contributed by atoms with Crippen LogP contribution in [0, 0.1) is 5.92 Å². The number of hydrogen-bond donors (Lipinski definition) is 1. The van der Waals surface area contributed by atoms with Gasteiger partial charge in [-0.25, -0.2) is 0 Å². The molecule has 2 fully saturated rings. The Labute approximate surface area is 116 Å². The van der Waals surface area contributed by atoms with Crippen molar-refractivity contribution in [3.8, 4) is 0 Å². The standard InChI is InChI=1S/C16H26N2O/c1-2-8-16-14(5-1)6-3-10-18(16)11-9-17-13-15-7-4-12-19-15/h4,7,12,14,16-17H,1-3,5-6,8-11,13H2/t14-,16-/m1/s1. The average Bonchev–Trinajstić information content (AvgIpc) is 2.97. The molecule has 1 aliphatic carbocycles. The van der Waals surface area contributed by atoms with E-state index in [4.69, 9.17) is 4.42 Å². The first kappa shape index (κ1) is 13.2. The molecular formula is C16H26N2O. The van der Waals surface area contributed by atoms with Crippen molar-refractivity contribution in [1.29, 1.82) is 0 Å². The Morgan fingerprint density at radius 2 is 2.11 bits per heavy atom. The third-order valence-corrected chi connectivity index (χ3v) is 4.81. The van der Waals surface area contributed by atoms with E-state index in [2.05, 4.69) is 10.2 Å². The van der Waals surface area contributed by atoms with Crippen LogP contribution in [0.15, 0.2) is 22.8 Å². The number of nitrogens with one attached hydrogen (secondary N) is 1. The zero-order valence-corrected chi connectivity index (χ0v) is 11.8. The van der Waals surface area contributed by atoms with Gasteiger partial charge in [-0.15, -0.1) is 0 Å². The number of furan rings is 1. The van der Waals surface area contributed by atoms with Crippen molar-refractivity contribution in [3.05, 3.63) is 24.2 Å². The highest BCUT2D eigenvalue weighted by molar-refractivity contribution is 4.97. The summed E-state index contributed by atoms with van der Waals surface area (Å²) < 4.78 is 5.34. The number of fused-ring (bicyclic) bond motifs is 1. The van der Waals surface area contributed by atoms with Gasteiger partial charge in [0.05, 0.1) is 12.8 Å². The van der Waals surface area contributed by atoms with Crippen LogP contribution in [0.5, 0.6) is 0 Å². The second-order valence-corrected chi connectivity index (χ2v) is 6.05. The summed E-state index contributed by atoms with van der Waals surface area (Å²) in [4.78, 5) is 2.74. The molecule has 1 aromatic heterocycles. The molecule has 0 amide bonds. The second-order valence-electron chi connectivity index (χ2n) is 6.05. The van der Waals surface area contributed by atoms with Gasteiger partial charge in [-0.05, 0) is 50.3 Å². The molecule has 3 rings (SSSR count). The molecule has 0 unspecified atom stereocenters. The van der Waals surface area contributed by atoms with Crippen LogP contribution < -0.4 is 5.32 Å². The third kappa shape index (κ3) is 3.40. The molecule has 1 N–H and O–H groups in total. The number of hydrogen-bond acceptors (Lipinski definition) is 3. The molecule has 0 bridgehead atoms. The van der Waals surface area contributed by atoms with Crippen LogP contribution in [0.25, 0.3) is 0 Å². The minimum absolute atomic E-state index is 0.856. The Kier molecular flexibility index (Phi) is 4.57. The highest BCUT2D eigenvalue weighted by Gasteiger charge is 2.32. The van der Waals surface area contributed by atoms with E-state index in [9.17, 15) is 0 Å². The molecule has 1 saturated heterocycles. The van der Waals surface area contributed by atoms with E-state index in [-0.39, 0.29) is 0 Å². The minimum Gasteiger partial charge on any atom is -0.468 e. The van der Waals surface area contributed by atoms with Crippen LogP contribution in [0.2, 0.25) is 0 Å². The second kappa shape index (κ2) is 6.58. The maximum Gasteiger partial charge on any atom is 0.117 e. The van der Waals surface area contributed by atoms with Crippen molar-refractivity contribution < 1.29 is 4.42 Å². The van der Waals surface area contributed by atoms with Crippen LogP contribution in [0.4, 0.5) is 0 Å². The molecule has 19 heavy (non-hydrogen) atoms. The lowest BCUT2D eigenvalue weighted by atomic mass is 9.78. The third-order valence-electron chi connectivity index (χ3n) is 4.81. The van der Waals surface area contributed by atoms with Gasteiger partial charge in [-0.3, -0.25) is 4.90 Å². The molecule has 0 spiro atoms. The Balaban J connectivity index is 1.41. The number of nitrogens with zero attached hydrogens (tertiary/aromatic N) is 1. The predicted octanol–water partition coefficient (Wildman–Crippen LogP) is 3.02. The van der Waals surface area contributed by atoms with Gasteiger partial charge >= 0.3 is 0 Å². The van der Waals surface area contributed by atoms with Gasteiger partial charge in [-0.2, -0.15) is 0 Å². The topological polar surface area (TPSA) is 28.4 Å². The van der Waals surface area contributed by atoms with Gasteiger partial charge in [0, 0.05) is 19.1 Å². The van der Waals surface area contributed by atoms with E-state index in [1.807, 2.05) is 12.1 Å². The predicted molar refractivity (Wildman–Crippen MR) is 77.0 cm³/mol. The summed E-state index contributed by atoms with van der Waals surface area (Å²) in [7, 11) is 0. The fourth-order valence-corrected chi connectivity index (χ4v) is 3.85. The molecule has 0 radical (unpaired) electrons. The van der Waals surface area contributed by atoms with Gasteiger partial charge < -0.3 is 9.73 Å². The van der Waals surface area contributed by atoms with Crippen LogP contribution in [-0.4, -0.2) is 30.6 Å². The lowest BCUT2D eigenvalue weighted by Crippen LogP contribution is -2.48. The van der Waals surface area contributed by atoms with Crippen molar-refractivity contribution in [2.24, 2.45) is 5.92 Å². The minimum atomic E-state index is 0.856. The number of piperidine rings is 1.